The second kappa shape index (κ2) is 3.29. The minimum Gasteiger partial charge on any atom is -0.481 e. The van der Waals surface area contributed by atoms with Gasteiger partial charge in [-0.25, -0.2) is 19.9 Å². The molecule has 2 rings (SSSR count). The molecule has 2 aromatic heterocycles. The van der Waals surface area contributed by atoms with Crippen molar-refractivity contribution in [2.45, 2.75) is 0 Å². The van der Waals surface area contributed by atoms with Gasteiger partial charge >= 0.3 is 5.69 Å². The number of methoxy groups -OCH3 is 1. The minimum atomic E-state index is -0.377. The molecule has 2 aromatic rings. The van der Waals surface area contributed by atoms with E-state index in [0.717, 1.165) is 0 Å². The first-order valence-corrected chi connectivity index (χ1v) is 3.80. The topological polar surface area (TPSA) is 96.5 Å². The summed E-state index contributed by atoms with van der Waals surface area (Å²) in [6, 6.07) is 1.58. The van der Waals surface area contributed by atoms with Gasteiger partial charge in [0.15, 0.2) is 5.82 Å². The van der Waals surface area contributed by atoms with Crippen molar-refractivity contribution in [2.24, 2.45) is 0 Å². The van der Waals surface area contributed by atoms with E-state index in [1.165, 1.54) is 13.4 Å². The van der Waals surface area contributed by atoms with Crippen molar-refractivity contribution >= 4 is 0 Å². The molecule has 0 unspecified atom stereocenters. The van der Waals surface area contributed by atoms with Crippen LogP contribution in [0.25, 0.3) is 11.5 Å². The molecule has 0 spiro atoms. The van der Waals surface area contributed by atoms with Crippen molar-refractivity contribution in [3.8, 4) is 17.4 Å². The van der Waals surface area contributed by atoms with E-state index >= 15 is 0 Å². The van der Waals surface area contributed by atoms with Gasteiger partial charge in [-0.2, -0.15) is 5.10 Å². The quantitative estimate of drug-likeness (QED) is 0.674. The zero-order valence-electron chi connectivity index (χ0n) is 7.31. The van der Waals surface area contributed by atoms with E-state index in [2.05, 4.69) is 25.1 Å². The van der Waals surface area contributed by atoms with Crippen LogP contribution in [0.2, 0.25) is 0 Å². The minimum absolute atomic E-state index is 0.357. The summed E-state index contributed by atoms with van der Waals surface area (Å²) < 4.78 is 4.90. The molecule has 7 nitrogen and oxygen atoms in total. The summed E-state index contributed by atoms with van der Waals surface area (Å²) >= 11 is 0. The van der Waals surface area contributed by atoms with Crippen molar-refractivity contribution in [2.75, 3.05) is 7.11 Å². The highest BCUT2D eigenvalue weighted by atomic mass is 16.5. The molecule has 0 saturated carbocycles. The molecular weight excluding hydrogens is 186 g/mol. The van der Waals surface area contributed by atoms with Crippen LogP contribution in [0.3, 0.4) is 0 Å². The normalized spacial score (nSPS) is 10.1. The van der Waals surface area contributed by atoms with Crippen molar-refractivity contribution in [3.63, 3.8) is 0 Å². The maximum Gasteiger partial charge on any atom is 0.340 e. The van der Waals surface area contributed by atoms with Gasteiger partial charge < -0.3 is 4.74 Å². The smallest absolute Gasteiger partial charge is 0.340 e. The van der Waals surface area contributed by atoms with Crippen LogP contribution in [0, 0.1) is 0 Å². The van der Waals surface area contributed by atoms with Crippen molar-refractivity contribution in [1.29, 1.82) is 0 Å². The molecule has 0 aliphatic rings. The van der Waals surface area contributed by atoms with E-state index in [9.17, 15) is 4.79 Å². The molecule has 0 radical (unpaired) electrons. The summed E-state index contributed by atoms with van der Waals surface area (Å²) in [6.45, 7) is 0. The van der Waals surface area contributed by atoms with Crippen molar-refractivity contribution < 1.29 is 4.74 Å². The lowest BCUT2D eigenvalue weighted by Gasteiger charge is -1.98. The Bertz CT molecular complexity index is 489. The maximum atomic E-state index is 10.8. The van der Waals surface area contributed by atoms with Crippen LogP contribution < -0.4 is 10.4 Å². The standard InChI is InChI=1S/C7H7N5O2/c1-14-5-2-4(8-3-9-5)6-10-7(13)12-11-6/h2-3H,1H3,(H2,10,11,12,13). The predicted octanol–water partition coefficient (Wildman–Crippen LogP) is -0.436. The molecule has 0 aliphatic heterocycles. The van der Waals surface area contributed by atoms with E-state index in [4.69, 9.17) is 4.74 Å². The fraction of sp³-hybridized carbons (Fsp3) is 0.143. The van der Waals surface area contributed by atoms with Crippen LogP contribution in [0.15, 0.2) is 17.2 Å². The second-order valence-electron chi connectivity index (χ2n) is 2.47. The van der Waals surface area contributed by atoms with Crippen LogP contribution in [0.1, 0.15) is 0 Å². The number of ether oxygens (including phenoxy) is 1. The number of hydrogen-bond donors (Lipinski definition) is 2. The molecule has 7 heteroatoms. The Balaban J connectivity index is 2.46. The summed E-state index contributed by atoms with van der Waals surface area (Å²) in [4.78, 5) is 21.0. The zero-order valence-corrected chi connectivity index (χ0v) is 7.31. The third-order valence-electron chi connectivity index (χ3n) is 1.59. The molecule has 2 N–H and O–H groups in total. The van der Waals surface area contributed by atoms with Crippen LogP contribution in [0.5, 0.6) is 5.88 Å². The molecule has 0 bridgehead atoms. The van der Waals surface area contributed by atoms with Crippen LogP contribution in [-0.4, -0.2) is 32.3 Å². The monoisotopic (exact) mass is 193 g/mol. The average molecular weight is 193 g/mol. The molecule has 0 atom stereocenters. The number of nitrogens with one attached hydrogen (secondary N) is 2. The molecule has 2 heterocycles. The Morgan fingerprint density at radius 2 is 2.29 bits per heavy atom. The highest BCUT2D eigenvalue weighted by Gasteiger charge is 2.05. The summed E-state index contributed by atoms with van der Waals surface area (Å²) in [5.74, 6) is 0.773. The molecular formula is C7H7N5O2. The Labute approximate surface area is 78.2 Å². The van der Waals surface area contributed by atoms with Crippen molar-refractivity contribution in [1.82, 2.24) is 25.1 Å². The predicted molar refractivity (Wildman–Crippen MR) is 46.8 cm³/mol. The lowest BCUT2D eigenvalue weighted by molar-refractivity contribution is 0.397. The summed E-state index contributed by atoms with van der Waals surface area (Å²) in [6.07, 6.45) is 1.33. The van der Waals surface area contributed by atoms with Crippen LogP contribution >= 0.6 is 0 Å². The van der Waals surface area contributed by atoms with E-state index in [0.29, 0.717) is 17.4 Å². The van der Waals surface area contributed by atoms with Gasteiger partial charge in [-0.05, 0) is 0 Å². The van der Waals surface area contributed by atoms with Crippen LogP contribution in [-0.2, 0) is 0 Å². The first-order valence-electron chi connectivity index (χ1n) is 3.80. The second-order valence-corrected chi connectivity index (χ2v) is 2.47. The van der Waals surface area contributed by atoms with Crippen LogP contribution in [0.4, 0.5) is 0 Å². The average Bonchev–Trinajstić information content (AvgIpc) is 2.65. The van der Waals surface area contributed by atoms with Gasteiger partial charge in [0.25, 0.3) is 0 Å². The SMILES string of the molecule is COc1cc(-c2n[nH]c(=O)[nH]2)ncn1. The fourth-order valence-corrected chi connectivity index (χ4v) is 0.972. The molecule has 0 fully saturated rings. The van der Waals surface area contributed by atoms with E-state index in [1.54, 1.807) is 6.07 Å². The Morgan fingerprint density at radius 1 is 1.43 bits per heavy atom. The van der Waals surface area contributed by atoms with Gasteiger partial charge in [-0.15, -0.1) is 0 Å². The Morgan fingerprint density at radius 3 is 2.93 bits per heavy atom. The van der Waals surface area contributed by atoms with Gasteiger partial charge in [0.2, 0.25) is 5.88 Å². The lowest BCUT2D eigenvalue weighted by Crippen LogP contribution is -2.00. The summed E-state index contributed by atoms with van der Waals surface area (Å²) in [5.41, 5.74) is 0.118. The first kappa shape index (κ1) is 8.42. The molecule has 0 saturated heterocycles. The molecule has 72 valence electrons. The number of H-pyrrole nitrogens is 2. The molecule has 0 aromatic carbocycles. The van der Waals surface area contributed by atoms with Gasteiger partial charge in [-0.1, -0.05) is 0 Å². The Hall–Kier alpha value is -2.18. The van der Waals surface area contributed by atoms with E-state index in [-0.39, 0.29) is 5.69 Å². The first-order chi connectivity index (χ1) is 6.79. The number of nitrogens with zero attached hydrogens (tertiary/aromatic N) is 3. The lowest BCUT2D eigenvalue weighted by atomic mass is 10.4. The molecule has 14 heavy (non-hydrogen) atoms. The van der Waals surface area contributed by atoms with E-state index < -0.39 is 0 Å². The van der Waals surface area contributed by atoms with Crippen molar-refractivity contribution in [3.05, 3.63) is 22.9 Å². The van der Waals surface area contributed by atoms with Gasteiger partial charge in [-0.3, -0.25) is 4.98 Å². The Kier molecular flexibility index (Phi) is 1.98. The maximum absolute atomic E-state index is 10.8. The van der Waals surface area contributed by atoms with Gasteiger partial charge in [0.05, 0.1) is 7.11 Å². The highest BCUT2D eigenvalue weighted by molar-refractivity contribution is 5.48. The highest BCUT2D eigenvalue weighted by Crippen LogP contribution is 2.13. The van der Waals surface area contributed by atoms with Gasteiger partial charge in [0.1, 0.15) is 12.0 Å². The summed E-state index contributed by atoms with van der Waals surface area (Å²) in [5, 5.41) is 5.96. The van der Waals surface area contributed by atoms with E-state index in [1.807, 2.05) is 0 Å². The number of hydrogen-bond acceptors (Lipinski definition) is 5. The molecule has 0 aliphatic carbocycles. The van der Waals surface area contributed by atoms with Gasteiger partial charge in [0, 0.05) is 6.07 Å². The number of aromatic amines is 2. The number of aromatic nitrogens is 5. The third kappa shape index (κ3) is 1.47. The fourth-order valence-electron chi connectivity index (χ4n) is 0.972. The zero-order chi connectivity index (χ0) is 9.97. The number of rotatable bonds is 2. The molecule has 0 amide bonds. The largest absolute Gasteiger partial charge is 0.481 e. The third-order valence-corrected chi connectivity index (χ3v) is 1.59. The summed E-state index contributed by atoms with van der Waals surface area (Å²) in [7, 11) is 1.50.